The Labute approximate surface area is 138 Å². The van der Waals surface area contributed by atoms with Crippen LogP contribution in [0, 0.1) is 5.92 Å². The van der Waals surface area contributed by atoms with E-state index < -0.39 is 6.09 Å². The van der Waals surface area contributed by atoms with Crippen LogP contribution in [0.1, 0.15) is 44.6 Å². The van der Waals surface area contributed by atoms with Gasteiger partial charge in [0.2, 0.25) is 0 Å². The zero-order valence-corrected chi connectivity index (χ0v) is 13.7. The fraction of sp³-hybridized carbons (Fsp3) is 0.526. The fourth-order valence-electron chi connectivity index (χ4n) is 3.68. The van der Waals surface area contributed by atoms with Crippen molar-refractivity contribution in [2.75, 3.05) is 0 Å². The minimum atomic E-state index is -0.898. The Morgan fingerprint density at radius 1 is 1.13 bits per heavy atom. The van der Waals surface area contributed by atoms with E-state index in [0.29, 0.717) is 18.0 Å². The van der Waals surface area contributed by atoms with E-state index in [4.69, 9.17) is 5.11 Å². The highest BCUT2D eigenvalue weighted by Crippen LogP contribution is 2.39. The molecule has 0 spiro atoms. The molecule has 2 aliphatic carbocycles. The number of nitrogens with one attached hydrogen (secondary N) is 2. The SMILES string of the molecule is C/C(=C\c1ccccc1)C1CC1N[C@H]1CC[C@@H](NC(=O)O)CC1. The standard InChI is InChI=1S/C19H26N2O2/c1-13(11-14-5-3-2-4-6-14)17-12-18(17)20-15-7-9-16(10-8-15)21-19(22)23/h2-6,11,15-18,20-21H,7-10,12H2,1H3,(H,22,23)/b13-11+/t15-,16+,17?,18?. The van der Waals surface area contributed by atoms with E-state index in [1.165, 1.54) is 17.6 Å². The van der Waals surface area contributed by atoms with Crippen LogP contribution < -0.4 is 10.6 Å². The first-order chi connectivity index (χ1) is 11.1. The molecule has 3 rings (SSSR count). The Bertz CT molecular complexity index is 562. The van der Waals surface area contributed by atoms with Crippen molar-refractivity contribution >= 4 is 12.2 Å². The minimum absolute atomic E-state index is 0.139. The van der Waals surface area contributed by atoms with Gasteiger partial charge in [0.15, 0.2) is 0 Å². The Morgan fingerprint density at radius 3 is 2.43 bits per heavy atom. The van der Waals surface area contributed by atoms with Crippen LogP contribution >= 0.6 is 0 Å². The third kappa shape index (κ3) is 4.58. The van der Waals surface area contributed by atoms with Crippen molar-refractivity contribution in [3.63, 3.8) is 0 Å². The molecule has 2 aliphatic rings. The molecule has 2 unspecified atom stereocenters. The third-order valence-corrected chi connectivity index (χ3v) is 5.07. The number of hydrogen-bond acceptors (Lipinski definition) is 2. The fourth-order valence-corrected chi connectivity index (χ4v) is 3.68. The monoisotopic (exact) mass is 314 g/mol. The van der Waals surface area contributed by atoms with Crippen LogP contribution in [0.25, 0.3) is 6.08 Å². The molecule has 0 bridgehead atoms. The van der Waals surface area contributed by atoms with Crippen molar-refractivity contribution in [3.05, 3.63) is 41.5 Å². The summed E-state index contributed by atoms with van der Waals surface area (Å²) >= 11 is 0. The first-order valence-electron chi connectivity index (χ1n) is 8.60. The van der Waals surface area contributed by atoms with Gasteiger partial charge in [0.05, 0.1) is 0 Å². The van der Waals surface area contributed by atoms with E-state index >= 15 is 0 Å². The predicted molar refractivity (Wildman–Crippen MR) is 92.3 cm³/mol. The summed E-state index contributed by atoms with van der Waals surface area (Å²) in [6.07, 6.45) is 6.64. The lowest BCUT2D eigenvalue weighted by Gasteiger charge is -2.29. The average molecular weight is 314 g/mol. The molecular weight excluding hydrogens is 288 g/mol. The lowest BCUT2D eigenvalue weighted by molar-refractivity contribution is 0.183. The number of carbonyl (C=O) groups is 1. The summed E-state index contributed by atoms with van der Waals surface area (Å²) in [5, 5.41) is 15.1. The smallest absolute Gasteiger partial charge is 0.404 e. The van der Waals surface area contributed by atoms with Gasteiger partial charge in [-0.15, -0.1) is 0 Å². The Hall–Kier alpha value is -1.81. The molecule has 1 amide bonds. The molecule has 2 saturated carbocycles. The first kappa shape index (κ1) is 16.1. The predicted octanol–water partition coefficient (Wildman–Crippen LogP) is 3.65. The highest BCUT2D eigenvalue weighted by atomic mass is 16.4. The van der Waals surface area contributed by atoms with Crippen LogP contribution in [-0.2, 0) is 0 Å². The zero-order valence-electron chi connectivity index (χ0n) is 13.7. The van der Waals surface area contributed by atoms with Crippen LogP contribution in [-0.4, -0.2) is 29.3 Å². The summed E-state index contributed by atoms with van der Waals surface area (Å²) in [6.45, 7) is 2.23. The van der Waals surface area contributed by atoms with E-state index in [1.54, 1.807) is 0 Å². The number of rotatable bonds is 5. The molecule has 1 aromatic carbocycles. The molecule has 124 valence electrons. The second kappa shape index (κ2) is 7.18. The van der Waals surface area contributed by atoms with Crippen molar-refractivity contribution in [2.45, 2.75) is 57.2 Å². The summed E-state index contributed by atoms with van der Waals surface area (Å²) < 4.78 is 0. The van der Waals surface area contributed by atoms with E-state index in [0.717, 1.165) is 25.7 Å². The molecule has 23 heavy (non-hydrogen) atoms. The summed E-state index contributed by atoms with van der Waals surface area (Å²) in [7, 11) is 0. The van der Waals surface area contributed by atoms with Crippen LogP contribution in [0.4, 0.5) is 4.79 Å². The van der Waals surface area contributed by atoms with Gasteiger partial charge in [-0.05, 0) is 50.5 Å². The molecule has 2 fully saturated rings. The van der Waals surface area contributed by atoms with Gasteiger partial charge in [0.25, 0.3) is 0 Å². The summed E-state index contributed by atoms with van der Waals surface area (Å²) in [6, 6.07) is 11.8. The van der Waals surface area contributed by atoms with Crippen molar-refractivity contribution < 1.29 is 9.90 Å². The molecule has 3 N–H and O–H groups in total. The van der Waals surface area contributed by atoms with Crippen LogP contribution in [0.3, 0.4) is 0 Å². The summed E-state index contributed by atoms with van der Waals surface area (Å²) in [5.74, 6) is 0.657. The quantitative estimate of drug-likeness (QED) is 0.777. The summed E-state index contributed by atoms with van der Waals surface area (Å²) in [4.78, 5) is 10.7. The van der Waals surface area contributed by atoms with Gasteiger partial charge < -0.3 is 15.7 Å². The van der Waals surface area contributed by atoms with Gasteiger partial charge in [-0.25, -0.2) is 4.79 Å². The highest BCUT2D eigenvalue weighted by Gasteiger charge is 2.39. The van der Waals surface area contributed by atoms with Crippen molar-refractivity contribution in [1.82, 2.24) is 10.6 Å². The van der Waals surface area contributed by atoms with Crippen LogP contribution in [0.5, 0.6) is 0 Å². The number of carboxylic acid groups (broad SMARTS) is 1. The maximum absolute atomic E-state index is 10.7. The molecule has 4 nitrogen and oxygen atoms in total. The molecular formula is C19H26N2O2. The molecule has 2 atom stereocenters. The lowest BCUT2D eigenvalue weighted by Crippen LogP contribution is -2.42. The van der Waals surface area contributed by atoms with Gasteiger partial charge in [-0.1, -0.05) is 42.0 Å². The highest BCUT2D eigenvalue weighted by molar-refractivity contribution is 5.64. The first-order valence-corrected chi connectivity index (χ1v) is 8.60. The largest absolute Gasteiger partial charge is 0.465 e. The second-order valence-corrected chi connectivity index (χ2v) is 6.91. The maximum Gasteiger partial charge on any atom is 0.404 e. The molecule has 0 heterocycles. The Balaban J connectivity index is 1.43. The Kier molecular flexibility index (Phi) is 5.01. The normalized spacial score (nSPS) is 30.7. The van der Waals surface area contributed by atoms with Gasteiger partial charge in [-0.3, -0.25) is 0 Å². The minimum Gasteiger partial charge on any atom is -0.465 e. The van der Waals surface area contributed by atoms with Gasteiger partial charge in [-0.2, -0.15) is 0 Å². The molecule has 0 saturated heterocycles. The molecule has 0 aromatic heterocycles. The zero-order chi connectivity index (χ0) is 16.2. The Morgan fingerprint density at radius 2 is 1.78 bits per heavy atom. The third-order valence-electron chi connectivity index (χ3n) is 5.07. The van der Waals surface area contributed by atoms with Gasteiger partial charge >= 0.3 is 6.09 Å². The van der Waals surface area contributed by atoms with E-state index in [1.807, 2.05) is 6.07 Å². The molecule has 0 aliphatic heterocycles. The van der Waals surface area contributed by atoms with Crippen LogP contribution in [0.2, 0.25) is 0 Å². The number of benzene rings is 1. The van der Waals surface area contributed by atoms with Gasteiger partial charge in [0, 0.05) is 18.1 Å². The molecule has 4 heteroatoms. The molecule has 0 radical (unpaired) electrons. The number of hydrogen-bond donors (Lipinski definition) is 3. The van der Waals surface area contributed by atoms with Crippen LogP contribution in [0.15, 0.2) is 35.9 Å². The summed E-state index contributed by atoms with van der Waals surface area (Å²) in [5.41, 5.74) is 2.73. The topological polar surface area (TPSA) is 61.4 Å². The van der Waals surface area contributed by atoms with Gasteiger partial charge in [0.1, 0.15) is 0 Å². The number of amides is 1. The maximum atomic E-state index is 10.7. The van der Waals surface area contributed by atoms with Crippen molar-refractivity contribution in [1.29, 1.82) is 0 Å². The van der Waals surface area contributed by atoms with Crippen molar-refractivity contribution in [2.24, 2.45) is 5.92 Å². The van der Waals surface area contributed by atoms with Crippen molar-refractivity contribution in [3.8, 4) is 0 Å². The molecule has 1 aromatic rings. The average Bonchev–Trinajstić information content (AvgIpc) is 3.29. The van der Waals surface area contributed by atoms with E-state index in [2.05, 4.69) is 47.9 Å². The van der Waals surface area contributed by atoms with E-state index in [9.17, 15) is 4.79 Å². The lowest BCUT2D eigenvalue weighted by atomic mass is 9.91. The van der Waals surface area contributed by atoms with E-state index in [-0.39, 0.29) is 6.04 Å². The second-order valence-electron chi connectivity index (χ2n) is 6.91.